The summed E-state index contributed by atoms with van der Waals surface area (Å²) >= 11 is 0. The van der Waals surface area contributed by atoms with Crippen LogP contribution in [0, 0.1) is 23.5 Å². The number of ether oxygens (including phenoxy) is 2. The Balaban J connectivity index is 1.35. The van der Waals surface area contributed by atoms with Crippen LogP contribution in [-0.4, -0.2) is 19.3 Å². The number of hydrogen-bond acceptors (Lipinski definition) is 2. The zero-order chi connectivity index (χ0) is 23.2. The van der Waals surface area contributed by atoms with Gasteiger partial charge in [0.1, 0.15) is 0 Å². The summed E-state index contributed by atoms with van der Waals surface area (Å²) < 4.78 is 40.5. The molecule has 0 amide bonds. The Kier molecular flexibility index (Phi) is 8.19. The molecule has 33 heavy (non-hydrogen) atoms. The van der Waals surface area contributed by atoms with Crippen LogP contribution in [0.15, 0.2) is 48.6 Å². The Hall–Kier alpha value is -2.20. The van der Waals surface area contributed by atoms with E-state index in [9.17, 15) is 8.78 Å². The van der Waals surface area contributed by atoms with Crippen LogP contribution in [-0.2, 0) is 4.74 Å². The largest absolute Gasteiger partial charge is 0.490 e. The van der Waals surface area contributed by atoms with Crippen molar-refractivity contribution >= 4 is 0 Å². The molecule has 0 bridgehead atoms. The summed E-state index contributed by atoms with van der Waals surface area (Å²) in [4.78, 5) is 0. The van der Waals surface area contributed by atoms with Gasteiger partial charge in [-0.1, -0.05) is 43.3 Å². The fourth-order valence-corrected chi connectivity index (χ4v) is 5.43. The minimum Gasteiger partial charge on any atom is -0.490 e. The van der Waals surface area contributed by atoms with E-state index in [2.05, 4.69) is 31.2 Å². The molecule has 1 saturated heterocycles. The third kappa shape index (κ3) is 5.66. The van der Waals surface area contributed by atoms with E-state index >= 15 is 0 Å². The highest BCUT2D eigenvalue weighted by Crippen LogP contribution is 2.40. The maximum atomic E-state index is 14.6. The van der Waals surface area contributed by atoms with Gasteiger partial charge >= 0.3 is 0 Å². The molecule has 0 N–H and O–H groups in total. The number of allylic oxidation sites excluding steroid dienone is 1. The maximum absolute atomic E-state index is 14.6. The van der Waals surface area contributed by atoms with Crippen LogP contribution in [0.3, 0.4) is 0 Å². The van der Waals surface area contributed by atoms with Gasteiger partial charge < -0.3 is 9.47 Å². The first kappa shape index (κ1) is 23.9. The molecule has 2 aliphatic rings. The van der Waals surface area contributed by atoms with Gasteiger partial charge in [-0.2, -0.15) is 4.39 Å². The lowest BCUT2D eigenvalue weighted by Crippen LogP contribution is -2.33. The molecule has 2 aromatic carbocycles. The molecule has 0 spiro atoms. The normalized spacial score (nSPS) is 25.9. The number of rotatable bonds is 7. The van der Waals surface area contributed by atoms with Crippen LogP contribution in [0.4, 0.5) is 8.78 Å². The zero-order valence-corrected chi connectivity index (χ0v) is 19.9. The van der Waals surface area contributed by atoms with Crippen molar-refractivity contribution in [2.24, 2.45) is 11.8 Å². The maximum Gasteiger partial charge on any atom is 0.201 e. The first-order chi connectivity index (χ1) is 16.1. The number of halogens is 2. The highest BCUT2D eigenvalue weighted by atomic mass is 19.2. The summed E-state index contributed by atoms with van der Waals surface area (Å²) in [6, 6.07) is 11.1. The van der Waals surface area contributed by atoms with Gasteiger partial charge in [0.2, 0.25) is 5.82 Å². The first-order valence-corrected chi connectivity index (χ1v) is 12.6. The van der Waals surface area contributed by atoms with Crippen LogP contribution in [0.25, 0.3) is 11.1 Å². The molecule has 4 heteroatoms. The van der Waals surface area contributed by atoms with E-state index in [-0.39, 0.29) is 11.3 Å². The molecule has 0 radical (unpaired) electrons. The highest BCUT2D eigenvalue weighted by Gasteiger charge is 2.31. The molecule has 1 aliphatic heterocycles. The van der Waals surface area contributed by atoms with Crippen molar-refractivity contribution in [1.82, 2.24) is 0 Å². The predicted octanol–water partition coefficient (Wildman–Crippen LogP) is 8.07. The second-order valence-corrected chi connectivity index (χ2v) is 9.56. The summed E-state index contributed by atoms with van der Waals surface area (Å²) in [5.74, 6) is -0.00440. The van der Waals surface area contributed by atoms with Gasteiger partial charge in [-0.05, 0) is 87.0 Å². The summed E-state index contributed by atoms with van der Waals surface area (Å²) in [7, 11) is 0. The third-order valence-corrected chi connectivity index (χ3v) is 7.31. The van der Waals surface area contributed by atoms with Gasteiger partial charge in [0.15, 0.2) is 11.6 Å². The molecule has 1 aliphatic carbocycles. The van der Waals surface area contributed by atoms with Crippen molar-refractivity contribution in [2.45, 2.75) is 70.8 Å². The third-order valence-electron chi connectivity index (χ3n) is 7.31. The Morgan fingerprint density at radius 1 is 0.939 bits per heavy atom. The molecule has 2 fully saturated rings. The quantitative estimate of drug-likeness (QED) is 0.394. The summed E-state index contributed by atoms with van der Waals surface area (Å²) in [6.07, 6.45) is 12.7. The van der Waals surface area contributed by atoms with Crippen LogP contribution < -0.4 is 4.74 Å². The van der Waals surface area contributed by atoms with E-state index in [4.69, 9.17) is 9.47 Å². The van der Waals surface area contributed by atoms with E-state index in [0.29, 0.717) is 36.0 Å². The Labute approximate surface area is 197 Å². The lowest BCUT2D eigenvalue weighted by atomic mass is 9.75. The highest BCUT2D eigenvalue weighted by molar-refractivity contribution is 5.65. The fourth-order valence-electron chi connectivity index (χ4n) is 5.43. The van der Waals surface area contributed by atoms with E-state index in [1.54, 1.807) is 6.07 Å². The molecule has 178 valence electrons. The van der Waals surface area contributed by atoms with Gasteiger partial charge in [-0.25, -0.2) is 4.39 Å². The van der Waals surface area contributed by atoms with Crippen molar-refractivity contribution in [1.29, 1.82) is 0 Å². The average Bonchev–Trinajstić information content (AvgIpc) is 2.86. The SMILES string of the molecule is C/C=C/C1CCC(C2CCC(c3ccc(-c4ccc(OCCC)c(F)c4F)cc3)CC2)OC1. The molecule has 1 saturated carbocycles. The van der Waals surface area contributed by atoms with Gasteiger partial charge in [-0.15, -0.1) is 0 Å². The Morgan fingerprint density at radius 2 is 1.70 bits per heavy atom. The van der Waals surface area contributed by atoms with Gasteiger partial charge in [0.05, 0.1) is 19.3 Å². The molecule has 4 rings (SSSR count). The molecule has 0 aromatic heterocycles. The smallest absolute Gasteiger partial charge is 0.201 e. The second kappa shape index (κ2) is 11.3. The molecule has 2 atom stereocenters. The number of hydrogen-bond donors (Lipinski definition) is 0. The fraction of sp³-hybridized carbons (Fsp3) is 0.517. The average molecular weight is 455 g/mol. The van der Waals surface area contributed by atoms with E-state index in [0.717, 1.165) is 25.9 Å². The zero-order valence-electron chi connectivity index (χ0n) is 19.9. The van der Waals surface area contributed by atoms with Crippen molar-refractivity contribution in [3.8, 4) is 16.9 Å². The van der Waals surface area contributed by atoms with Crippen LogP contribution in [0.1, 0.15) is 70.3 Å². The predicted molar refractivity (Wildman–Crippen MR) is 130 cm³/mol. The molecular weight excluding hydrogens is 418 g/mol. The second-order valence-electron chi connectivity index (χ2n) is 9.56. The lowest BCUT2D eigenvalue weighted by molar-refractivity contribution is -0.0470. The molecular formula is C29H36F2O2. The summed E-state index contributed by atoms with van der Waals surface area (Å²) in [6.45, 7) is 5.24. The Morgan fingerprint density at radius 3 is 2.33 bits per heavy atom. The van der Waals surface area contributed by atoms with Gasteiger partial charge in [-0.3, -0.25) is 0 Å². The minimum atomic E-state index is -0.912. The van der Waals surface area contributed by atoms with Gasteiger partial charge in [0.25, 0.3) is 0 Å². The van der Waals surface area contributed by atoms with Crippen LogP contribution in [0.5, 0.6) is 5.75 Å². The molecule has 2 aromatic rings. The van der Waals surface area contributed by atoms with E-state index in [1.165, 1.54) is 37.3 Å². The molecule has 2 nitrogen and oxygen atoms in total. The molecule has 1 heterocycles. The number of benzene rings is 2. The van der Waals surface area contributed by atoms with E-state index in [1.807, 2.05) is 19.1 Å². The van der Waals surface area contributed by atoms with Crippen molar-refractivity contribution in [3.05, 3.63) is 65.7 Å². The van der Waals surface area contributed by atoms with Crippen molar-refractivity contribution < 1.29 is 18.3 Å². The first-order valence-electron chi connectivity index (χ1n) is 12.6. The van der Waals surface area contributed by atoms with Crippen molar-refractivity contribution in [2.75, 3.05) is 13.2 Å². The Bertz CT molecular complexity index is 921. The standard InChI is InChI=1S/C29H36F2O2/c1-3-5-20-6-16-26(33-19-20)24-13-9-22(10-14-24)21-7-11-23(12-8-21)25-15-17-27(32-18-4-2)29(31)28(25)30/h3,5,7-8,11-12,15,17,20,22,24,26H,4,6,9-10,13-14,16,18-19H2,1-2H3/b5-3+. The lowest BCUT2D eigenvalue weighted by Gasteiger charge is -2.37. The summed E-state index contributed by atoms with van der Waals surface area (Å²) in [5, 5.41) is 0. The monoisotopic (exact) mass is 454 g/mol. The van der Waals surface area contributed by atoms with E-state index < -0.39 is 11.6 Å². The minimum absolute atomic E-state index is 0.0224. The summed E-state index contributed by atoms with van der Waals surface area (Å²) in [5.41, 5.74) is 2.26. The van der Waals surface area contributed by atoms with Crippen molar-refractivity contribution in [3.63, 3.8) is 0 Å². The topological polar surface area (TPSA) is 18.5 Å². The van der Waals surface area contributed by atoms with Crippen LogP contribution in [0.2, 0.25) is 0 Å². The van der Waals surface area contributed by atoms with Crippen LogP contribution >= 0.6 is 0 Å². The molecule has 2 unspecified atom stereocenters. The van der Waals surface area contributed by atoms with Gasteiger partial charge in [0, 0.05) is 11.5 Å².